The standard InChI is InChI=1S/C16H28ClNO3/c1-12(11-17)9-14(19)10-13-5-7-18(8-6-13)15(20)21-16(2,3)4/h13-14,19H,1,5-11H2,2-4H3/t14-/m0/s1. The van der Waals surface area contributed by atoms with Gasteiger partial charge in [-0.25, -0.2) is 4.79 Å². The van der Waals surface area contributed by atoms with Gasteiger partial charge in [-0.15, -0.1) is 11.6 Å². The molecule has 1 N–H and O–H groups in total. The highest BCUT2D eigenvalue weighted by Gasteiger charge is 2.27. The van der Waals surface area contributed by atoms with E-state index in [9.17, 15) is 9.90 Å². The summed E-state index contributed by atoms with van der Waals surface area (Å²) in [5, 5.41) is 10.0. The molecule has 21 heavy (non-hydrogen) atoms. The van der Waals surface area contributed by atoms with Crippen molar-refractivity contribution in [1.29, 1.82) is 0 Å². The molecule has 1 rings (SSSR count). The number of piperidine rings is 1. The lowest BCUT2D eigenvalue weighted by molar-refractivity contribution is 0.0162. The number of carbonyl (C=O) groups excluding carboxylic acids is 1. The number of amides is 1. The Hall–Kier alpha value is -0.740. The molecule has 1 aliphatic heterocycles. The fraction of sp³-hybridized carbons (Fsp3) is 0.812. The summed E-state index contributed by atoms with van der Waals surface area (Å²) < 4.78 is 5.37. The van der Waals surface area contributed by atoms with Gasteiger partial charge in [-0.2, -0.15) is 0 Å². The van der Waals surface area contributed by atoms with Gasteiger partial charge in [0.25, 0.3) is 0 Å². The zero-order valence-electron chi connectivity index (χ0n) is 13.4. The van der Waals surface area contributed by atoms with Crippen molar-refractivity contribution >= 4 is 17.7 Å². The maximum Gasteiger partial charge on any atom is 0.410 e. The van der Waals surface area contributed by atoms with E-state index in [1.54, 1.807) is 4.90 Å². The number of alkyl halides is 1. The topological polar surface area (TPSA) is 49.8 Å². The molecule has 0 aromatic heterocycles. The first-order chi connectivity index (χ1) is 9.71. The second kappa shape index (κ2) is 8.04. The van der Waals surface area contributed by atoms with Crippen LogP contribution in [-0.2, 0) is 4.74 Å². The number of ether oxygens (including phenoxy) is 1. The van der Waals surface area contributed by atoms with Crippen LogP contribution in [0.25, 0.3) is 0 Å². The first-order valence-electron chi connectivity index (χ1n) is 7.60. The van der Waals surface area contributed by atoms with Gasteiger partial charge in [-0.1, -0.05) is 12.2 Å². The molecule has 1 fully saturated rings. The summed E-state index contributed by atoms with van der Waals surface area (Å²) in [4.78, 5) is 13.7. The van der Waals surface area contributed by atoms with Gasteiger partial charge in [0.2, 0.25) is 0 Å². The van der Waals surface area contributed by atoms with Crippen molar-refractivity contribution in [3.63, 3.8) is 0 Å². The van der Waals surface area contributed by atoms with Gasteiger partial charge in [-0.3, -0.25) is 0 Å². The van der Waals surface area contributed by atoms with Gasteiger partial charge >= 0.3 is 6.09 Å². The molecule has 1 amide bonds. The predicted molar refractivity (Wildman–Crippen MR) is 85.6 cm³/mol. The summed E-state index contributed by atoms with van der Waals surface area (Å²) >= 11 is 5.68. The van der Waals surface area contributed by atoms with Crippen molar-refractivity contribution in [1.82, 2.24) is 4.90 Å². The quantitative estimate of drug-likeness (QED) is 0.623. The van der Waals surface area contributed by atoms with Crippen molar-refractivity contribution in [3.05, 3.63) is 12.2 Å². The van der Waals surface area contributed by atoms with E-state index >= 15 is 0 Å². The number of rotatable bonds is 5. The van der Waals surface area contributed by atoms with E-state index in [1.807, 2.05) is 20.8 Å². The van der Waals surface area contributed by atoms with Gasteiger partial charge in [0.15, 0.2) is 0 Å². The lowest BCUT2D eigenvalue weighted by atomic mass is 9.89. The largest absolute Gasteiger partial charge is 0.444 e. The fourth-order valence-corrected chi connectivity index (χ4v) is 2.64. The number of likely N-dealkylation sites (tertiary alicyclic amines) is 1. The maximum absolute atomic E-state index is 12.0. The SMILES string of the molecule is C=C(CCl)C[C@H](O)CC1CCN(C(=O)OC(C)(C)C)CC1. The van der Waals surface area contributed by atoms with Crippen LogP contribution in [-0.4, -0.2) is 46.8 Å². The van der Waals surface area contributed by atoms with E-state index < -0.39 is 5.60 Å². The van der Waals surface area contributed by atoms with Crippen molar-refractivity contribution < 1.29 is 14.6 Å². The Bertz CT molecular complexity index is 357. The Morgan fingerprint density at radius 3 is 2.48 bits per heavy atom. The molecule has 0 radical (unpaired) electrons. The van der Waals surface area contributed by atoms with Crippen LogP contribution in [0.15, 0.2) is 12.2 Å². The van der Waals surface area contributed by atoms with E-state index in [0.29, 0.717) is 31.3 Å². The van der Waals surface area contributed by atoms with Gasteiger partial charge in [0, 0.05) is 19.0 Å². The Morgan fingerprint density at radius 2 is 2.00 bits per heavy atom. The van der Waals surface area contributed by atoms with Gasteiger partial charge in [0.05, 0.1) is 6.10 Å². The van der Waals surface area contributed by atoms with Crippen LogP contribution >= 0.6 is 11.6 Å². The molecule has 5 heteroatoms. The number of aliphatic hydroxyl groups excluding tert-OH is 1. The van der Waals surface area contributed by atoms with E-state index in [-0.39, 0.29) is 12.2 Å². The lowest BCUT2D eigenvalue weighted by Gasteiger charge is -2.34. The number of nitrogens with zero attached hydrogens (tertiary/aromatic N) is 1. The van der Waals surface area contributed by atoms with Crippen molar-refractivity contribution in [2.45, 2.75) is 58.2 Å². The maximum atomic E-state index is 12.0. The molecule has 0 aliphatic carbocycles. The molecule has 122 valence electrons. The molecule has 0 aromatic rings. The Balaban J connectivity index is 2.32. The highest BCUT2D eigenvalue weighted by Crippen LogP contribution is 2.25. The summed E-state index contributed by atoms with van der Waals surface area (Å²) in [6.45, 7) is 10.8. The molecule has 0 spiro atoms. The molecular weight excluding hydrogens is 290 g/mol. The monoisotopic (exact) mass is 317 g/mol. The second-order valence-electron chi connectivity index (χ2n) is 6.89. The van der Waals surface area contributed by atoms with Crippen LogP contribution in [0, 0.1) is 5.92 Å². The molecule has 4 nitrogen and oxygen atoms in total. The highest BCUT2D eigenvalue weighted by molar-refractivity contribution is 6.19. The molecule has 0 bridgehead atoms. The number of hydrogen-bond acceptors (Lipinski definition) is 3. The third kappa shape index (κ3) is 7.18. The average molecular weight is 318 g/mol. The Morgan fingerprint density at radius 1 is 1.43 bits per heavy atom. The molecule has 1 atom stereocenters. The van der Waals surface area contributed by atoms with Gasteiger partial charge in [0.1, 0.15) is 5.60 Å². The number of aliphatic hydroxyl groups is 1. The lowest BCUT2D eigenvalue weighted by Crippen LogP contribution is -2.42. The molecule has 1 aliphatic rings. The summed E-state index contributed by atoms with van der Waals surface area (Å²) in [5.41, 5.74) is 0.418. The summed E-state index contributed by atoms with van der Waals surface area (Å²) in [5.74, 6) is 0.843. The van der Waals surface area contributed by atoms with Crippen LogP contribution in [0.5, 0.6) is 0 Å². The van der Waals surface area contributed by atoms with Crippen molar-refractivity contribution in [2.24, 2.45) is 5.92 Å². The first kappa shape index (κ1) is 18.3. The molecule has 0 saturated carbocycles. The molecule has 1 saturated heterocycles. The smallest absolute Gasteiger partial charge is 0.410 e. The molecule has 0 aromatic carbocycles. The Kier molecular flexibility index (Phi) is 7.01. The van der Waals surface area contributed by atoms with Crippen molar-refractivity contribution in [3.8, 4) is 0 Å². The highest BCUT2D eigenvalue weighted by atomic mass is 35.5. The van der Waals surface area contributed by atoms with E-state index in [2.05, 4.69) is 6.58 Å². The Labute approximate surface area is 133 Å². The number of halogens is 1. The van der Waals surface area contributed by atoms with Gasteiger partial charge in [-0.05, 0) is 52.4 Å². The van der Waals surface area contributed by atoms with E-state index in [4.69, 9.17) is 16.3 Å². The third-order valence-corrected chi connectivity index (χ3v) is 3.96. The minimum Gasteiger partial charge on any atom is -0.444 e. The van der Waals surface area contributed by atoms with Crippen LogP contribution in [0.2, 0.25) is 0 Å². The van der Waals surface area contributed by atoms with Crippen LogP contribution < -0.4 is 0 Å². The first-order valence-corrected chi connectivity index (χ1v) is 8.13. The number of carbonyl (C=O) groups is 1. The van der Waals surface area contributed by atoms with Crippen molar-refractivity contribution in [2.75, 3.05) is 19.0 Å². The third-order valence-electron chi connectivity index (χ3n) is 3.58. The van der Waals surface area contributed by atoms with Crippen LogP contribution in [0.4, 0.5) is 4.79 Å². The molecule has 1 heterocycles. The minimum atomic E-state index is -0.452. The second-order valence-corrected chi connectivity index (χ2v) is 7.16. The molecular formula is C16H28ClNO3. The minimum absolute atomic E-state index is 0.239. The van der Waals surface area contributed by atoms with E-state index in [0.717, 1.165) is 24.8 Å². The predicted octanol–water partition coefficient (Wildman–Crippen LogP) is 3.57. The number of hydrogen-bond donors (Lipinski definition) is 1. The summed E-state index contributed by atoms with van der Waals surface area (Å²) in [6, 6.07) is 0. The van der Waals surface area contributed by atoms with Gasteiger partial charge < -0.3 is 14.7 Å². The zero-order chi connectivity index (χ0) is 16.0. The zero-order valence-corrected chi connectivity index (χ0v) is 14.2. The fourth-order valence-electron chi connectivity index (χ4n) is 2.53. The summed E-state index contributed by atoms with van der Waals surface area (Å²) in [6.07, 6.45) is 2.51. The normalized spacial score (nSPS) is 18.4. The average Bonchev–Trinajstić information content (AvgIpc) is 2.37. The van der Waals surface area contributed by atoms with Crippen LogP contribution in [0.1, 0.15) is 46.5 Å². The summed E-state index contributed by atoms with van der Waals surface area (Å²) in [7, 11) is 0. The van der Waals surface area contributed by atoms with Crippen LogP contribution in [0.3, 0.4) is 0 Å². The van der Waals surface area contributed by atoms with E-state index in [1.165, 1.54) is 0 Å². The molecule has 0 unspecified atom stereocenters.